The van der Waals surface area contributed by atoms with Gasteiger partial charge in [-0.2, -0.15) is 0 Å². The minimum atomic E-state index is -0.447. The summed E-state index contributed by atoms with van der Waals surface area (Å²) in [6, 6.07) is 0. The highest BCUT2D eigenvalue weighted by Gasteiger charge is 2.71. The number of nitrogens with two attached hydrogens (primary N) is 1. The van der Waals surface area contributed by atoms with Gasteiger partial charge in [0, 0.05) is 24.0 Å². The maximum atomic E-state index is 11.0. The molecule has 1 aliphatic heterocycles. The summed E-state index contributed by atoms with van der Waals surface area (Å²) in [4.78, 5) is 12.6. The van der Waals surface area contributed by atoms with Crippen LogP contribution >= 0.6 is 0 Å². The lowest BCUT2D eigenvalue weighted by atomic mass is 9.91. The fourth-order valence-electron chi connectivity index (χ4n) is 2.15. The fourth-order valence-corrected chi connectivity index (χ4v) is 2.15. The molecule has 0 aromatic rings. The lowest BCUT2D eigenvalue weighted by Crippen LogP contribution is -2.57. The Morgan fingerprint density at radius 3 is 2.69 bits per heavy atom. The second kappa shape index (κ2) is 2.36. The number of amides is 1. The van der Waals surface area contributed by atoms with E-state index in [1.807, 2.05) is 0 Å². The Balaban J connectivity index is 1.90. The summed E-state index contributed by atoms with van der Waals surface area (Å²) in [6.45, 7) is 1.25. The summed E-state index contributed by atoms with van der Waals surface area (Å²) in [5, 5.41) is 8.99. The van der Waals surface area contributed by atoms with Gasteiger partial charge in [-0.25, -0.2) is 4.79 Å². The first-order valence-corrected chi connectivity index (χ1v) is 4.30. The van der Waals surface area contributed by atoms with Gasteiger partial charge in [-0.3, -0.25) is 0 Å². The molecule has 0 aromatic heterocycles. The van der Waals surface area contributed by atoms with Crippen molar-refractivity contribution in [3.05, 3.63) is 0 Å². The molecule has 1 aliphatic carbocycles. The van der Waals surface area contributed by atoms with Crippen molar-refractivity contribution in [3.63, 3.8) is 0 Å². The number of aliphatic hydroxyl groups excluding tert-OH is 1. The number of carbonyl (C=O) groups is 1. The van der Waals surface area contributed by atoms with Crippen LogP contribution in [-0.4, -0.2) is 48.4 Å². The Hall–Kier alpha value is -0.810. The van der Waals surface area contributed by atoms with Gasteiger partial charge in [-0.1, -0.05) is 0 Å². The maximum absolute atomic E-state index is 11.0. The molecular formula is C8H14N2O3. The van der Waals surface area contributed by atoms with Crippen molar-refractivity contribution in [1.82, 2.24) is 4.90 Å². The predicted molar refractivity (Wildman–Crippen MR) is 45.0 cm³/mol. The third-order valence-corrected chi connectivity index (χ3v) is 3.29. The minimum absolute atomic E-state index is 0.00200. The van der Waals surface area contributed by atoms with Gasteiger partial charge in [0.1, 0.15) is 0 Å². The summed E-state index contributed by atoms with van der Waals surface area (Å²) in [5.74, 6) is 0. The Morgan fingerprint density at radius 2 is 2.31 bits per heavy atom. The number of methoxy groups -OCH3 is 1. The number of hydrogen-bond donors (Lipinski definition) is 2. The average Bonchev–Trinajstić information content (AvgIpc) is 2.70. The standard InChI is InChI=1S/C8H14N2O3/c1-13-6(12)10-3-7(4-10)2-8(7,9)5-11/h11H,2-5,9H2,1H3. The zero-order chi connectivity index (χ0) is 9.69. The van der Waals surface area contributed by atoms with Crippen LogP contribution in [0.15, 0.2) is 0 Å². The smallest absolute Gasteiger partial charge is 0.409 e. The van der Waals surface area contributed by atoms with Crippen molar-refractivity contribution in [2.24, 2.45) is 11.1 Å². The molecule has 0 aromatic carbocycles. The summed E-state index contributed by atoms with van der Waals surface area (Å²) in [7, 11) is 1.36. The van der Waals surface area contributed by atoms with Gasteiger partial charge in [-0.15, -0.1) is 0 Å². The van der Waals surface area contributed by atoms with Crippen LogP contribution in [0.25, 0.3) is 0 Å². The van der Waals surface area contributed by atoms with Gasteiger partial charge in [0.15, 0.2) is 0 Å². The summed E-state index contributed by atoms with van der Waals surface area (Å²) in [5.41, 5.74) is 5.40. The second-order valence-electron chi connectivity index (χ2n) is 4.10. The van der Waals surface area contributed by atoms with Gasteiger partial charge >= 0.3 is 6.09 Å². The molecule has 3 N–H and O–H groups in total. The van der Waals surface area contributed by atoms with E-state index in [-0.39, 0.29) is 18.1 Å². The van der Waals surface area contributed by atoms with E-state index in [2.05, 4.69) is 4.74 Å². The SMILES string of the molecule is COC(=O)N1CC2(C1)CC2(N)CO. The van der Waals surface area contributed by atoms with Crippen LogP contribution < -0.4 is 5.73 Å². The highest BCUT2D eigenvalue weighted by atomic mass is 16.5. The van der Waals surface area contributed by atoms with E-state index in [0.717, 1.165) is 6.42 Å². The van der Waals surface area contributed by atoms with Crippen molar-refractivity contribution < 1.29 is 14.6 Å². The zero-order valence-corrected chi connectivity index (χ0v) is 7.62. The number of carbonyl (C=O) groups excluding carboxylic acids is 1. The Kier molecular flexibility index (Phi) is 1.59. The number of ether oxygens (including phenoxy) is 1. The van der Waals surface area contributed by atoms with E-state index in [0.29, 0.717) is 13.1 Å². The van der Waals surface area contributed by atoms with Gasteiger partial charge in [0.25, 0.3) is 0 Å². The van der Waals surface area contributed by atoms with E-state index < -0.39 is 5.54 Å². The number of likely N-dealkylation sites (tertiary alicyclic amines) is 1. The van der Waals surface area contributed by atoms with Crippen LogP contribution in [0.5, 0.6) is 0 Å². The molecule has 74 valence electrons. The van der Waals surface area contributed by atoms with Crippen LogP contribution in [0.2, 0.25) is 0 Å². The molecule has 5 heteroatoms. The van der Waals surface area contributed by atoms with Crippen LogP contribution in [0, 0.1) is 5.41 Å². The van der Waals surface area contributed by atoms with Crippen molar-refractivity contribution in [2.75, 3.05) is 26.8 Å². The summed E-state index contributed by atoms with van der Waals surface area (Å²) < 4.78 is 4.56. The number of hydrogen-bond acceptors (Lipinski definition) is 4. The van der Waals surface area contributed by atoms with E-state index in [1.54, 1.807) is 4.90 Å². The molecule has 1 amide bonds. The Labute approximate surface area is 76.5 Å². The number of rotatable bonds is 1. The van der Waals surface area contributed by atoms with E-state index in [9.17, 15) is 4.79 Å². The highest BCUT2D eigenvalue weighted by molar-refractivity contribution is 5.69. The van der Waals surface area contributed by atoms with Crippen molar-refractivity contribution in [2.45, 2.75) is 12.0 Å². The van der Waals surface area contributed by atoms with Gasteiger partial charge in [0.2, 0.25) is 0 Å². The fraction of sp³-hybridized carbons (Fsp3) is 0.875. The van der Waals surface area contributed by atoms with Crippen LogP contribution in [0.4, 0.5) is 4.79 Å². The summed E-state index contributed by atoms with van der Waals surface area (Å²) >= 11 is 0. The molecule has 1 saturated heterocycles. The third-order valence-electron chi connectivity index (χ3n) is 3.29. The van der Waals surface area contributed by atoms with E-state index in [4.69, 9.17) is 10.8 Å². The molecule has 0 bridgehead atoms. The van der Waals surface area contributed by atoms with Crippen molar-refractivity contribution >= 4 is 6.09 Å². The topological polar surface area (TPSA) is 75.8 Å². The van der Waals surface area contributed by atoms with Crippen molar-refractivity contribution in [1.29, 1.82) is 0 Å². The van der Waals surface area contributed by atoms with Crippen LogP contribution in [-0.2, 0) is 4.74 Å². The molecule has 1 spiro atoms. The maximum Gasteiger partial charge on any atom is 0.409 e. The molecule has 2 rings (SSSR count). The lowest BCUT2D eigenvalue weighted by Gasteiger charge is -2.41. The number of aliphatic hydroxyl groups is 1. The third kappa shape index (κ3) is 0.971. The molecule has 2 fully saturated rings. The predicted octanol–water partition coefficient (Wildman–Crippen LogP) is -0.852. The Bertz CT molecular complexity index is 250. The first kappa shape index (κ1) is 8.77. The summed E-state index contributed by atoms with van der Waals surface area (Å²) in [6.07, 6.45) is 0.502. The Morgan fingerprint density at radius 1 is 1.69 bits per heavy atom. The van der Waals surface area contributed by atoms with Gasteiger partial charge in [0.05, 0.1) is 13.7 Å². The van der Waals surface area contributed by atoms with Gasteiger partial charge in [-0.05, 0) is 6.42 Å². The molecule has 0 radical (unpaired) electrons. The molecule has 1 saturated carbocycles. The highest BCUT2D eigenvalue weighted by Crippen LogP contribution is 2.59. The molecule has 2 aliphatic rings. The quantitative estimate of drug-likeness (QED) is 0.559. The van der Waals surface area contributed by atoms with Crippen LogP contribution in [0.3, 0.4) is 0 Å². The largest absolute Gasteiger partial charge is 0.453 e. The second-order valence-corrected chi connectivity index (χ2v) is 4.10. The number of nitrogens with zero attached hydrogens (tertiary/aromatic N) is 1. The minimum Gasteiger partial charge on any atom is -0.453 e. The van der Waals surface area contributed by atoms with Gasteiger partial charge < -0.3 is 20.5 Å². The molecule has 1 atom stereocenters. The van der Waals surface area contributed by atoms with E-state index >= 15 is 0 Å². The first-order chi connectivity index (χ1) is 6.07. The molecule has 1 heterocycles. The van der Waals surface area contributed by atoms with Crippen molar-refractivity contribution in [3.8, 4) is 0 Å². The molecular weight excluding hydrogens is 172 g/mol. The molecule has 1 unspecified atom stereocenters. The average molecular weight is 186 g/mol. The van der Waals surface area contributed by atoms with Crippen LogP contribution in [0.1, 0.15) is 6.42 Å². The monoisotopic (exact) mass is 186 g/mol. The molecule has 5 nitrogen and oxygen atoms in total. The first-order valence-electron chi connectivity index (χ1n) is 4.30. The zero-order valence-electron chi connectivity index (χ0n) is 7.62. The molecule has 13 heavy (non-hydrogen) atoms. The van der Waals surface area contributed by atoms with E-state index in [1.165, 1.54) is 7.11 Å². The normalized spacial score (nSPS) is 34.2. The lowest BCUT2D eigenvalue weighted by molar-refractivity contribution is 0.0405.